The average molecular weight is 279 g/mol. The van der Waals surface area contributed by atoms with Gasteiger partial charge in [0, 0.05) is 30.8 Å². The van der Waals surface area contributed by atoms with E-state index >= 15 is 0 Å². The van der Waals surface area contributed by atoms with Crippen molar-refractivity contribution in [1.82, 2.24) is 9.78 Å². The molecule has 1 aromatic heterocycles. The van der Waals surface area contributed by atoms with Gasteiger partial charge in [-0.2, -0.15) is 5.10 Å². The summed E-state index contributed by atoms with van der Waals surface area (Å²) in [5, 5.41) is 14.9. The van der Waals surface area contributed by atoms with E-state index in [-0.39, 0.29) is 5.41 Å². The van der Waals surface area contributed by atoms with Crippen LogP contribution in [0.15, 0.2) is 12.4 Å². The quantitative estimate of drug-likeness (QED) is 0.894. The van der Waals surface area contributed by atoms with E-state index in [0.717, 1.165) is 37.2 Å². The average Bonchev–Trinajstić information content (AvgIpc) is 2.83. The van der Waals surface area contributed by atoms with Gasteiger partial charge in [0.1, 0.15) is 0 Å². The first-order valence-electron chi connectivity index (χ1n) is 7.65. The van der Waals surface area contributed by atoms with Gasteiger partial charge in [-0.25, -0.2) is 0 Å². The van der Waals surface area contributed by atoms with E-state index in [0.29, 0.717) is 12.0 Å². The SMILES string of the molecule is Cn1cc(C(O)C2(CN)CCC(C(C)(C)C)CC2)cn1. The molecule has 0 amide bonds. The van der Waals surface area contributed by atoms with Crippen LogP contribution in [-0.4, -0.2) is 21.4 Å². The summed E-state index contributed by atoms with van der Waals surface area (Å²) in [7, 11) is 1.88. The molecule has 20 heavy (non-hydrogen) atoms. The molecule has 1 aromatic rings. The normalized spacial score (nSPS) is 29.4. The van der Waals surface area contributed by atoms with Gasteiger partial charge >= 0.3 is 0 Å². The molecule has 0 saturated heterocycles. The molecule has 4 nitrogen and oxygen atoms in total. The van der Waals surface area contributed by atoms with Crippen LogP contribution in [0.3, 0.4) is 0 Å². The molecule has 1 unspecified atom stereocenters. The van der Waals surface area contributed by atoms with E-state index in [1.165, 1.54) is 0 Å². The van der Waals surface area contributed by atoms with E-state index in [4.69, 9.17) is 5.73 Å². The van der Waals surface area contributed by atoms with Crippen molar-refractivity contribution in [2.24, 2.45) is 29.5 Å². The third-order valence-corrected chi connectivity index (χ3v) is 5.23. The summed E-state index contributed by atoms with van der Waals surface area (Å²) in [6.45, 7) is 7.47. The van der Waals surface area contributed by atoms with Crippen molar-refractivity contribution >= 4 is 0 Å². The highest BCUT2D eigenvalue weighted by atomic mass is 16.3. The summed E-state index contributed by atoms with van der Waals surface area (Å²) < 4.78 is 1.74. The van der Waals surface area contributed by atoms with Crippen LogP contribution >= 0.6 is 0 Å². The molecule has 1 atom stereocenters. The van der Waals surface area contributed by atoms with Crippen molar-refractivity contribution in [3.05, 3.63) is 18.0 Å². The molecular weight excluding hydrogens is 250 g/mol. The number of nitrogens with zero attached hydrogens (tertiary/aromatic N) is 2. The Balaban J connectivity index is 2.12. The van der Waals surface area contributed by atoms with Gasteiger partial charge in [0.2, 0.25) is 0 Å². The first-order chi connectivity index (χ1) is 9.28. The summed E-state index contributed by atoms with van der Waals surface area (Å²) in [5.41, 5.74) is 7.12. The summed E-state index contributed by atoms with van der Waals surface area (Å²) in [5.74, 6) is 0.725. The number of rotatable bonds is 3. The summed E-state index contributed by atoms with van der Waals surface area (Å²) >= 11 is 0. The highest BCUT2D eigenvalue weighted by molar-refractivity contribution is 5.13. The molecule has 0 bridgehead atoms. The van der Waals surface area contributed by atoms with Gasteiger partial charge in [-0.05, 0) is 37.0 Å². The Morgan fingerprint density at radius 2 is 2.05 bits per heavy atom. The number of aryl methyl sites for hydroxylation is 1. The lowest BCUT2D eigenvalue weighted by Gasteiger charge is -2.45. The second-order valence-electron chi connectivity index (χ2n) is 7.56. The third kappa shape index (κ3) is 2.91. The van der Waals surface area contributed by atoms with Gasteiger partial charge < -0.3 is 10.8 Å². The van der Waals surface area contributed by atoms with Gasteiger partial charge in [0.15, 0.2) is 0 Å². The standard InChI is InChI=1S/C16H29N3O/c1-15(2,3)13-5-7-16(11-17,8-6-13)14(20)12-9-18-19(4)10-12/h9-10,13-14,20H,5-8,11,17H2,1-4H3. The lowest BCUT2D eigenvalue weighted by Crippen LogP contribution is -2.42. The van der Waals surface area contributed by atoms with Crippen molar-refractivity contribution in [3.8, 4) is 0 Å². The smallest absolute Gasteiger partial charge is 0.0888 e. The number of hydrogen-bond acceptors (Lipinski definition) is 3. The predicted molar refractivity (Wildman–Crippen MR) is 81.1 cm³/mol. The molecule has 114 valence electrons. The molecule has 1 fully saturated rings. The van der Waals surface area contributed by atoms with Crippen LogP contribution < -0.4 is 5.73 Å². The van der Waals surface area contributed by atoms with Crippen molar-refractivity contribution in [2.75, 3.05) is 6.54 Å². The maximum absolute atomic E-state index is 10.8. The molecule has 1 saturated carbocycles. The Hall–Kier alpha value is -0.870. The zero-order chi connectivity index (χ0) is 15.0. The van der Waals surface area contributed by atoms with Crippen LogP contribution in [0.25, 0.3) is 0 Å². The summed E-state index contributed by atoms with van der Waals surface area (Å²) in [6, 6.07) is 0. The Morgan fingerprint density at radius 1 is 1.45 bits per heavy atom. The van der Waals surface area contributed by atoms with Crippen molar-refractivity contribution in [3.63, 3.8) is 0 Å². The van der Waals surface area contributed by atoms with Gasteiger partial charge in [-0.3, -0.25) is 4.68 Å². The fourth-order valence-electron chi connectivity index (χ4n) is 3.58. The largest absolute Gasteiger partial charge is 0.388 e. The van der Waals surface area contributed by atoms with Crippen molar-refractivity contribution in [2.45, 2.75) is 52.6 Å². The molecule has 0 aliphatic heterocycles. The van der Waals surface area contributed by atoms with E-state index in [2.05, 4.69) is 25.9 Å². The Kier molecular flexibility index (Phi) is 4.26. The van der Waals surface area contributed by atoms with Crippen LogP contribution in [-0.2, 0) is 7.05 Å². The van der Waals surface area contributed by atoms with Crippen LogP contribution in [0, 0.1) is 16.7 Å². The molecule has 0 aromatic carbocycles. The molecular formula is C16H29N3O. The zero-order valence-electron chi connectivity index (χ0n) is 13.3. The topological polar surface area (TPSA) is 64.1 Å². The highest BCUT2D eigenvalue weighted by Crippen LogP contribution is 2.50. The second kappa shape index (κ2) is 5.49. The van der Waals surface area contributed by atoms with Crippen LogP contribution in [0.4, 0.5) is 0 Å². The van der Waals surface area contributed by atoms with Crippen LogP contribution in [0.2, 0.25) is 0 Å². The number of aliphatic hydroxyl groups is 1. The summed E-state index contributed by atoms with van der Waals surface area (Å²) in [4.78, 5) is 0. The fraction of sp³-hybridized carbons (Fsp3) is 0.812. The molecule has 1 heterocycles. The fourth-order valence-corrected chi connectivity index (χ4v) is 3.58. The molecule has 1 aliphatic carbocycles. The molecule has 3 N–H and O–H groups in total. The second-order valence-corrected chi connectivity index (χ2v) is 7.56. The van der Waals surface area contributed by atoms with Crippen LogP contribution in [0.5, 0.6) is 0 Å². The Morgan fingerprint density at radius 3 is 2.45 bits per heavy atom. The number of aromatic nitrogens is 2. The monoisotopic (exact) mass is 279 g/mol. The van der Waals surface area contributed by atoms with Crippen LogP contribution in [0.1, 0.15) is 58.1 Å². The molecule has 1 aliphatic rings. The lowest BCUT2D eigenvalue weighted by atomic mass is 9.61. The Bertz CT molecular complexity index is 439. The first-order valence-corrected chi connectivity index (χ1v) is 7.65. The number of nitrogens with two attached hydrogens (primary N) is 1. The number of aliphatic hydroxyl groups excluding tert-OH is 1. The zero-order valence-corrected chi connectivity index (χ0v) is 13.3. The van der Waals surface area contributed by atoms with Gasteiger partial charge in [0.25, 0.3) is 0 Å². The van der Waals surface area contributed by atoms with Gasteiger partial charge in [-0.15, -0.1) is 0 Å². The number of hydrogen-bond donors (Lipinski definition) is 2. The minimum absolute atomic E-state index is 0.176. The van der Waals surface area contributed by atoms with Gasteiger partial charge in [-0.1, -0.05) is 20.8 Å². The highest BCUT2D eigenvalue weighted by Gasteiger charge is 2.43. The van der Waals surface area contributed by atoms with E-state index < -0.39 is 6.10 Å². The van der Waals surface area contributed by atoms with Crippen molar-refractivity contribution in [1.29, 1.82) is 0 Å². The van der Waals surface area contributed by atoms with E-state index in [9.17, 15) is 5.11 Å². The predicted octanol–water partition coefficient (Wildman–Crippen LogP) is 2.63. The van der Waals surface area contributed by atoms with E-state index in [1.807, 2.05) is 13.2 Å². The van der Waals surface area contributed by atoms with E-state index in [1.54, 1.807) is 10.9 Å². The first kappa shape index (κ1) is 15.5. The molecule has 0 radical (unpaired) electrons. The lowest BCUT2D eigenvalue weighted by molar-refractivity contribution is -0.0234. The van der Waals surface area contributed by atoms with Gasteiger partial charge in [0.05, 0.1) is 12.3 Å². The minimum atomic E-state index is -0.498. The molecule has 0 spiro atoms. The third-order valence-electron chi connectivity index (χ3n) is 5.23. The maximum Gasteiger partial charge on any atom is 0.0888 e. The summed E-state index contributed by atoms with van der Waals surface area (Å²) in [6.07, 6.45) is 7.47. The van der Waals surface area contributed by atoms with Crippen molar-refractivity contribution < 1.29 is 5.11 Å². The molecule has 4 heteroatoms. The molecule has 2 rings (SSSR count). The minimum Gasteiger partial charge on any atom is -0.388 e. The Labute approximate surface area is 122 Å². The maximum atomic E-state index is 10.8.